The number of hydrogen-bond acceptors (Lipinski definition) is 3. The average Bonchev–Trinajstić information content (AvgIpc) is 2.54. The van der Waals surface area contributed by atoms with E-state index in [-0.39, 0.29) is 5.91 Å². The first kappa shape index (κ1) is 15.8. The molecule has 1 aromatic heterocycles. The topological polar surface area (TPSA) is 45.2 Å². The Morgan fingerprint density at radius 1 is 1.35 bits per heavy atom. The van der Waals surface area contributed by atoms with E-state index in [1.807, 2.05) is 6.07 Å². The van der Waals surface area contributed by atoms with Gasteiger partial charge in [0.2, 0.25) is 5.91 Å². The van der Waals surface area contributed by atoms with Gasteiger partial charge < -0.3 is 10.2 Å². The fraction of sp³-hybridized carbons (Fsp3) is 0.474. The van der Waals surface area contributed by atoms with E-state index >= 15 is 0 Å². The van der Waals surface area contributed by atoms with Gasteiger partial charge in [0.25, 0.3) is 0 Å². The third kappa shape index (κ3) is 3.31. The smallest absolute Gasteiger partial charge is 0.216 e. The standard InChI is InChI=1S/C19H25N3O/c1-13-14(2)21-18-9-5-4-8-17(18)19(13)22-10-6-7-16(12-22)11-20-15(3)23/h4-5,8-9,16H,6-7,10-12H2,1-3H3,(H,20,23)/t16-/m0/s1. The minimum atomic E-state index is 0.0588. The summed E-state index contributed by atoms with van der Waals surface area (Å²) in [6.45, 7) is 8.68. The maximum Gasteiger partial charge on any atom is 0.216 e. The first-order valence-corrected chi connectivity index (χ1v) is 8.41. The van der Waals surface area contributed by atoms with E-state index in [4.69, 9.17) is 4.98 Å². The lowest BCUT2D eigenvalue weighted by Crippen LogP contribution is -2.41. The van der Waals surface area contributed by atoms with Crippen molar-refractivity contribution in [3.63, 3.8) is 0 Å². The number of rotatable bonds is 3. The van der Waals surface area contributed by atoms with Gasteiger partial charge in [-0.15, -0.1) is 0 Å². The summed E-state index contributed by atoms with van der Waals surface area (Å²) >= 11 is 0. The number of benzene rings is 1. The highest BCUT2D eigenvalue weighted by molar-refractivity contribution is 5.93. The monoisotopic (exact) mass is 311 g/mol. The number of carbonyl (C=O) groups is 1. The van der Waals surface area contributed by atoms with E-state index in [2.05, 4.69) is 42.3 Å². The molecule has 1 aromatic carbocycles. The lowest BCUT2D eigenvalue weighted by atomic mass is 9.95. The van der Waals surface area contributed by atoms with Crippen LogP contribution in [0.1, 0.15) is 31.0 Å². The number of anilines is 1. The lowest BCUT2D eigenvalue weighted by molar-refractivity contribution is -0.119. The number of aromatic nitrogens is 1. The van der Waals surface area contributed by atoms with E-state index in [0.29, 0.717) is 5.92 Å². The van der Waals surface area contributed by atoms with E-state index in [1.165, 1.54) is 29.5 Å². The SMILES string of the molecule is CC(=O)NC[C@@H]1CCCN(c2c(C)c(C)nc3ccccc23)C1. The van der Waals surface area contributed by atoms with Gasteiger partial charge in [-0.1, -0.05) is 18.2 Å². The highest BCUT2D eigenvalue weighted by Gasteiger charge is 2.23. The lowest BCUT2D eigenvalue weighted by Gasteiger charge is -2.36. The van der Waals surface area contributed by atoms with E-state index < -0.39 is 0 Å². The quantitative estimate of drug-likeness (QED) is 0.947. The van der Waals surface area contributed by atoms with Crippen LogP contribution in [0.25, 0.3) is 10.9 Å². The third-order valence-electron chi connectivity index (χ3n) is 4.82. The predicted octanol–water partition coefficient (Wildman–Crippen LogP) is 3.20. The third-order valence-corrected chi connectivity index (χ3v) is 4.82. The van der Waals surface area contributed by atoms with Crippen molar-refractivity contribution in [2.24, 2.45) is 5.92 Å². The van der Waals surface area contributed by atoms with Gasteiger partial charge in [-0.25, -0.2) is 0 Å². The summed E-state index contributed by atoms with van der Waals surface area (Å²) < 4.78 is 0. The summed E-state index contributed by atoms with van der Waals surface area (Å²) in [7, 11) is 0. The van der Waals surface area contributed by atoms with Crippen LogP contribution in [0, 0.1) is 19.8 Å². The molecule has 1 N–H and O–H groups in total. The summed E-state index contributed by atoms with van der Waals surface area (Å²) in [6, 6.07) is 8.39. The summed E-state index contributed by atoms with van der Waals surface area (Å²) in [6.07, 6.45) is 2.34. The number of amides is 1. The molecule has 1 atom stereocenters. The van der Waals surface area contributed by atoms with Crippen molar-refractivity contribution < 1.29 is 4.79 Å². The molecule has 1 fully saturated rings. The van der Waals surface area contributed by atoms with Crippen LogP contribution in [0.3, 0.4) is 0 Å². The van der Waals surface area contributed by atoms with Crippen LogP contribution in [0.5, 0.6) is 0 Å². The first-order valence-electron chi connectivity index (χ1n) is 8.41. The minimum absolute atomic E-state index is 0.0588. The number of hydrogen-bond donors (Lipinski definition) is 1. The molecule has 0 saturated carbocycles. The second-order valence-corrected chi connectivity index (χ2v) is 6.58. The van der Waals surface area contributed by atoms with Crippen LogP contribution in [-0.2, 0) is 4.79 Å². The molecule has 4 nitrogen and oxygen atoms in total. The maximum atomic E-state index is 11.2. The molecule has 122 valence electrons. The van der Waals surface area contributed by atoms with E-state index in [1.54, 1.807) is 6.92 Å². The number of fused-ring (bicyclic) bond motifs is 1. The zero-order valence-electron chi connectivity index (χ0n) is 14.2. The fourth-order valence-corrected chi connectivity index (χ4v) is 3.54. The Kier molecular flexibility index (Phi) is 4.51. The van der Waals surface area contributed by atoms with Gasteiger partial charge in [-0.05, 0) is 44.2 Å². The van der Waals surface area contributed by atoms with E-state index in [9.17, 15) is 4.79 Å². The number of nitrogens with one attached hydrogen (secondary N) is 1. The predicted molar refractivity (Wildman–Crippen MR) is 94.8 cm³/mol. The summed E-state index contributed by atoms with van der Waals surface area (Å²) in [5, 5.41) is 4.20. The fourth-order valence-electron chi connectivity index (χ4n) is 3.54. The van der Waals surface area contributed by atoms with Gasteiger partial charge in [0.1, 0.15) is 0 Å². The highest BCUT2D eigenvalue weighted by Crippen LogP contribution is 2.33. The van der Waals surface area contributed by atoms with Crippen molar-refractivity contribution >= 4 is 22.5 Å². The summed E-state index contributed by atoms with van der Waals surface area (Å²) in [4.78, 5) is 18.4. The molecular formula is C19H25N3O. The number of carbonyl (C=O) groups excluding carboxylic acids is 1. The Bertz CT molecular complexity index is 726. The first-order chi connectivity index (χ1) is 11.1. The van der Waals surface area contributed by atoms with Crippen LogP contribution in [0.2, 0.25) is 0 Å². The summed E-state index contributed by atoms with van der Waals surface area (Å²) in [5.41, 5.74) is 4.75. The average molecular weight is 311 g/mol. The van der Waals surface area contributed by atoms with Crippen LogP contribution >= 0.6 is 0 Å². The molecule has 2 heterocycles. The molecule has 0 radical (unpaired) electrons. The second kappa shape index (κ2) is 6.57. The zero-order valence-corrected chi connectivity index (χ0v) is 14.2. The molecule has 4 heteroatoms. The highest BCUT2D eigenvalue weighted by atomic mass is 16.1. The van der Waals surface area contributed by atoms with Gasteiger partial charge in [0.15, 0.2) is 0 Å². The summed E-state index contributed by atoms with van der Waals surface area (Å²) in [5.74, 6) is 0.572. The normalized spacial score (nSPS) is 18.2. The van der Waals surface area contributed by atoms with E-state index in [0.717, 1.165) is 30.8 Å². The van der Waals surface area contributed by atoms with Crippen molar-refractivity contribution in [1.82, 2.24) is 10.3 Å². The zero-order chi connectivity index (χ0) is 16.4. The number of aryl methyl sites for hydroxylation is 1. The number of piperidine rings is 1. The molecule has 1 amide bonds. The van der Waals surface area contributed by atoms with Gasteiger partial charge in [-0.2, -0.15) is 0 Å². The largest absolute Gasteiger partial charge is 0.370 e. The Morgan fingerprint density at radius 2 is 2.13 bits per heavy atom. The molecular weight excluding hydrogens is 286 g/mol. The van der Waals surface area contributed by atoms with Crippen molar-refractivity contribution in [1.29, 1.82) is 0 Å². The Morgan fingerprint density at radius 3 is 2.91 bits per heavy atom. The van der Waals surface area contributed by atoms with Crippen molar-refractivity contribution in [3.05, 3.63) is 35.5 Å². The van der Waals surface area contributed by atoms with Gasteiger partial charge in [-0.3, -0.25) is 9.78 Å². The van der Waals surface area contributed by atoms with Crippen molar-refractivity contribution in [2.75, 3.05) is 24.5 Å². The van der Waals surface area contributed by atoms with Crippen molar-refractivity contribution in [3.8, 4) is 0 Å². The van der Waals surface area contributed by atoms with Crippen LogP contribution in [0.15, 0.2) is 24.3 Å². The molecule has 2 aromatic rings. The van der Waals surface area contributed by atoms with Gasteiger partial charge in [0.05, 0.1) is 11.2 Å². The Labute approximate surface area is 137 Å². The Balaban J connectivity index is 1.93. The molecule has 0 aliphatic carbocycles. The molecule has 1 aliphatic rings. The Hall–Kier alpha value is -2.10. The number of pyridine rings is 1. The number of nitrogens with zero attached hydrogens (tertiary/aromatic N) is 2. The molecule has 1 saturated heterocycles. The van der Waals surface area contributed by atoms with Crippen LogP contribution in [-0.4, -0.2) is 30.5 Å². The molecule has 1 aliphatic heterocycles. The molecule has 0 spiro atoms. The second-order valence-electron chi connectivity index (χ2n) is 6.58. The van der Waals surface area contributed by atoms with Crippen LogP contribution in [0.4, 0.5) is 5.69 Å². The van der Waals surface area contributed by atoms with Crippen molar-refractivity contribution in [2.45, 2.75) is 33.6 Å². The molecule has 0 unspecified atom stereocenters. The van der Waals surface area contributed by atoms with Crippen LogP contribution < -0.4 is 10.2 Å². The molecule has 0 bridgehead atoms. The minimum Gasteiger partial charge on any atom is -0.370 e. The van der Waals surface area contributed by atoms with Gasteiger partial charge >= 0.3 is 0 Å². The number of para-hydroxylation sites is 1. The maximum absolute atomic E-state index is 11.2. The van der Waals surface area contributed by atoms with Gasteiger partial charge in [0, 0.05) is 37.6 Å². The molecule has 3 rings (SSSR count). The molecule has 23 heavy (non-hydrogen) atoms.